The van der Waals surface area contributed by atoms with Crippen molar-refractivity contribution in [3.63, 3.8) is 0 Å². The molecule has 7 rings (SSSR count). The van der Waals surface area contributed by atoms with Crippen LogP contribution in [0.1, 0.15) is 93.4 Å². The van der Waals surface area contributed by atoms with Gasteiger partial charge in [-0.25, -0.2) is 0 Å². The van der Waals surface area contributed by atoms with Crippen LogP contribution >= 0.6 is 0 Å². The first-order chi connectivity index (χ1) is 26.1. The third-order valence-corrected chi connectivity index (χ3v) is 17.4. The maximum atomic E-state index is 12.4. The molecule has 0 aromatic rings. The van der Waals surface area contributed by atoms with E-state index in [-0.39, 0.29) is 51.9 Å². The van der Waals surface area contributed by atoms with E-state index >= 15 is 0 Å². The van der Waals surface area contributed by atoms with Crippen LogP contribution in [0.25, 0.3) is 0 Å². The van der Waals surface area contributed by atoms with Gasteiger partial charge in [-0.15, -0.1) is 0 Å². The zero-order chi connectivity index (χ0) is 41.1. The van der Waals surface area contributed by atoms with E-state index in [2.05, 4.69) is 54.5 Å². The van der Waals surface area contributed by atoms with Gasteiger partial charge < -0.3 is 70.0 Å². The first-order valence-corrected chi connectivity index (χ1v) is 21.1. The second-order valence-corrected chi connectivity index (χ2v) is 20.5. The number of aliphatic hydroxyl groups is 10. The molecule has 21 atom stereocenters. The summed E-state index contributed by atoms with van der Waals surface area (Å²) in [6.45, 7) is 14.5. The van der Waals surface area contributed by atoms with Crippen LogP contribution < -0.4 is 0 Å². The van der Waals surface area contributed by atoms with E-state index in [1.807, 2.05) is 0 Å². The monoisotopic (exact) mass is 798 g/mol. The lowest BCUT2D eigenvalue weighted by Crippen LogP contribution is -2.67. The molecule has 5 aliphatic carbocycles. The van der Waals surface area contributed by atoms with E-state index in [0.29, 0.717) is 25.2 Å². The summed E-state index contributed by atoms with van der Waals surface area (Å²) in [6.07, 6.45) is -9.34. The molecule has 0 aromatic heterocycles. The van der Waals surface area contributed by atoms with Crippen LogP contribution in [0.2, 0.25) is 0 Å². The average molecular weight is 799 g/mol. The van der Waals surface area contributed by atoms with Crippen LogP contribution in [0, 0.1) is 56.7 Å². The van der Waals surface area contributed by atoms with Gasteiger partial charge in [0.1, 0.15) is 48.8 Å². The first kappa shape index (κ1) is 43.3. The Hall–Kier alpha value is -0.820. The minimum atomic E-state index is -1.67. The van der Waals surface area contributed by atoms with Gasteiger partial charge in [0.25, 0.3) is 0 Å². The summed E-state index contributed by atoms with van der Waals surface area (Å²) in [7, 11) is 0. The standard InChI is InChI=1S/C42H70O14/c1-19(2)21-14-23(46)35-41(7)11-8-20-28(40(41,6)12-13-42(21,35)18-44)22(45)15-26-38(3,4)27(9-10-39(20,26)5)56-37-34(52)32(50)30(48)25(55-37)17-53-36-33(51)31(49)29(47)24(16-43)54-36/h8,19,21-37,43-52H,9-18H2,1-7H3/t21-,22-,23+,24+,25+,26+,27-,28-,29+,30+,31-,32-,33+,34+,35+,36+,37-,39+,40-,41+,42+/m0/s1. The average Bonchev–Trinajstić information content (AvgIpc) is 3.47. The molecule has 6 fully saturated rings. The number of hydrogen-bond acceptors (Lipinski definition) is 14. The number of hydrogen-bond donors (Lipinski definition) is 10. The molecule has 0 radical (unpaired) electrons. The van der Waals surface area contributed by atoms with Gasteiger partial charge in [-0.1, -0.05) is 60.1 Å². The summed E-state index contributed by atoms with van der Waals surface area (Å²) in [5.74, 6) is 0.359. The fourth-order valence-electron chi connectivity index (χ4n) is 14.2. The molecule has 10 N–H and O–H groups in total. The maximum Gasteiger partial charge on any atom is 0.186 e. The molecule has 322 valence electrons. The highest BCUT2D eigenvalue weighted by molar-refractivity contribution is 5.35. The summed E-state index contributed by atoms with van der Waals surface area (Å²) >= 11 is 0. The van der Waals surface area contributed by atoms with Crippen LogP contribution in [0.15, 0.2) is 11.6 Å². The van der Waals surface area contributed by atoms with Crippen molar-refractivity contribution in [1.29, 1.82) is 0 Å². The van der Waals surface area contributed by atoms with E-state index in [9.17, 15) is 51.1 Å². The molecule has 56 heavy (non-hydrogen) atoms. The molecule has 0 bridgehead atoms. The minimum absolute atomic E-state index is 0.0247. The molecule has 0 spiro atoms. The van der Waals surface area contributed by atoms with Gasteiger partial charge in [-0.3, -0.25) is 0 Å². The Balaban J connectivity index is 1.09. The molecule has 4 saturated carbocycles. The first-order valence-electron chi connectivity index (χ1n) is 21.1. The third kappa shape index (κ3) is 6.17. The Kier molecular flexibility index (Phi) is 11.6. The zero-order valence-corrected chi connectivity index (χ0v) is 34.1. The van der Waals surface area contributed by atoms with Gasteiger partial charge in [0.2, 0.25) is 0 Å². The number of allylic oxidation sites excluding steroid dienone is 1. The summed E-state index contributed by atoms with van der Waals surface area (Å²) in [4.78, 5) is 0. The van der Waals surface area contributed by atoms with Crippen molar-refractivity contribution in [2.45, 2.75) is 173 Å². The summed E-state index contributed by atoms with van der Waals surface area (Å²) < 4.78 is 23.6. The van der Waals surface area contributed by atoms with Crippen LogP contribution in [0.3, 0.4) is 0 Å². The summed E-state index contributed by atoms with van der Waals surface area (Å²) in [5.41, 5.74) is -0.525. The number of ether oxygens (including phenoxy) is 4. The number of rotatable bonds is 8. The Morgan fingerprint density at radius 3 is 1.98 bits per heavy atom. The Labute approximate surface area is 330 Å². The predicted molar refractivity (Wildman–Crippen MR) is 200 cm³/mol. The molecule has 14 heteroatoms. The molecular weight excluding hydrogens is 728 g/mol. The molecule has 2 aliphatic heterocycles. The van der Waals surface area contributed by atoms with Crippen molar-refractivity contribution in [2.75, 3.05) is 19.8 Å². The van der Waals surface area contributed by atoms with Crippen molar-refractivity contribution in [3.8, 4) is 0 Å². The van der Waals surface area contributed by atoms with E-state index in [1.54, 1.807) is 0 Å². The van der Waals surface area contributed by atoms with Crippen LogP contribution in [-0.2, 0) is 18.9 Å². The third-order valence-electron chi connectivity index (χ3n) is 17.4. The van der Waals surface area contributed by atoms with Crippen molar-refractivity contribution in [3.05, 3.63) is 11.6 Å². The van der Waals surface area contributed by atoms with Crippen LogP contribution in [0.4, 0.5) is 0 Å². The summed E-state index contributed by atoms with van der Waals surface area (Å²) in [6, 6.07) is 0. The molecule has 7 aliphatic rings. The predicted octanol–water partition coefficient (Wildman–Crippen LogP) is 0.587. The lowest BCUT2D eigenvalue weighted by molar-refractivity contribution is -0.344. The SMILES string of the molecule is CC(C)[C@@H]1C[C@@H](O)[C@H]2[C@@]1(CO)CC[C@@]1(C)[C@H]3C(=CC[C@]21C)[C@@]1(C)CC[C@H](O[C@@H]2O[C@H](CO[C@@H]4O[C@H](CO)[C@@H](O)[C@H](O)[C@H]4O)[C@@H](O)[C@H](O)[C@H]2O)C(C)(C)[C@H]1C[C@@H]3O. The molecular formula is C42H70O14. The fourth-order valence-corrected chi connectivity index (χ4v) is 14.2. The Bertz CT molecular complexity index is 1460. The molecule has 2 saturated heterocycles. The van der Waals surface area contributed by atoms with E-state index in [1.165, 1.54) is 5.57 Å². The van der Waals surface area contributed by atoms with E-state index in [4.69, 9.17) is 18.9 Å². The van der Waals surface area contributed by atoms with Crippen molar-refractivity contribution in [1.82, 2.24) is 0 Å². The molecule has 0 amide bonds. The fraction of sp³-hybridized carbons (Fsp3) is 0.952. The smallest absolute Gasteiger partial charge is 0.186 e. The van der Waals surface area contributed by atoms with E-state index in [0.717, 1.165) is 25.7 Å². The maximum absolute atomic E-state index is 12.4. The van der Waals surface area contributed by atoms with E-state index < -0.39 is 98.4 Å². The van der Waals surface area contributed by atoms with Crippen molar-refractivity contribution in [2.24, 2.45) is 56.7 Å². The normalized spacial score (nSPS) is 55.5. The number of fused-ring (bicyclic) bond motifs is 7. The summed E-state index contributed by atoms with van der Waals surface area (Å²) in [5, 5.41) is 108. The van der Waals surface area contributed by atoms with Gasteiger partial charge in [0, 0.05) is 17.9 Å². The van der Waals surface area contributed by atoms with Crippen LogP contribution in [0.5, 0.6) is 0 Å². The zero-order valence-electron chi connectivity index (χ0n) is 34.1. The second-order valence-electron chi connectivity index (χ2n) is 20.5. The largest absolute Gasteiger partial charge is 0.396 e. The molecule has 0 unspecified atom stereocenters. The van der Waals surface area contributed by atoms with Crippen molar-refractivity contribution >= 4 is 0 Å². The Morgan fingerprint density at radius 1 is 0.732 bits per heavy atom. The topological polar surface area (TPSA) is 239 Å². The lowest BCUT2D eigenvalue weighted by atomic mass is 9.35. The quantitative estimate of drug-likeness (QED) is 0.120. The number of aliphatic hydroxyl groups excluding tert-OH is 10. The molecule has 2 heterocycles. The molecule has 0 aromatic carbocycles. The van der Waals surface area contributed by atoms with Gasteiger partial charge in [-0.05, 0) is 90.3 Å². The Morgan fingerprint density at radius 2 is 1.36 bits per heavy atom. The van der Waals surface area contributed by atoms with Gasteiger partial charge in [0.05, 0.1) is 31.5 Å². The highest BCUT2D eigenvalue weighted by Crippen LogP contribution is 2.76. The lowest BCUT2D eigenvalue weighted by Gasteiger charge is -2.70. The van der Waals surface area contributed by atoms with Gasteiger partial charge in [0.15, 0.2) is 12.6 Å². The second kappa shape index (κ2) is 15.0. The van der Waals surface area contributed by atoms with Crippen LogP contribution in [-0.4, -0.2) is 151 Å². The minimum Gasteiger partial charge on any atom is -0.396 e. The highest BCUT2D eigenvalue weighted by atomic mass is 16.7. The van der Waals surface area contributed by atoms with Gasteiger partial charge >= 0.3 is 0 Å². The van der Waals surface area contributed by atoms with Crippen molar-refractivity contribution < 1.29 is 70.0 Å². The van der Waals surface area contributed by atoms with Gasteiger partial charge in [-0.2, -0.15) is 0 Å². The highest BCUT2D eigenvalue weighted by Gasteiger charge is 2.72. The molecule has 14 nitrogen and oxygen atoms in total.